The van der Waals surface area contributed by atoms with Gasteiger partial charge in [0.1, 0.15) is 13.2 Å². The monoisotopic (exact) mass is 241 g/mol. The Hall–Kier alpha value is -1.36. The summed E-state index contributed by atoms with van der Waals surface area (Å²) in [6, 6.07) is 0. The number of esters is 1. The van der Waals surface area contributed by atoms with Crippen molar-refractivity contribution >= 4 is 11.9 Å². The van der Waals surface area contributed by atoms with E-state index < -0.39 is 5.97 Å². The summed E-state index contributed by atoms with van der Waals surface area (Å²) >= 11 is 0. The molecule has 0 saturated carbocycles. The summed E-state index contributed by atoms with van der Waals surface area (Å²) in [5.74, 6) is -0.334. The van der Waals surface area contributed by atoms with Crippen LogP contribution in [0.5, 0.6) is 0 Å². The van der Waals surface area contributed by atoms with Gasteiger partial charge < -0.3 is 4.74 Å². The minimum Gasteiger partial charge on any atom is -0.460 e. The molecule has 0 aromatic rings. The van der Waals surface area contributed by atoms with E-state index in [4.69, 9.17) is 9.57 Å². The first kappa shape index (κ1) is 13.7. The van der Waals surface area contributed by atoms with Gasteiger partial charge in [0.05, 0.1) is 0 Å². The Morgan fingerprint density at radius 2 is 2.24 bits per heavy atom. The van der Waals surface area contributed by atoms with Crippen molar-refractivity contribution in [3.63, 3.8) is 0 Å². The lowest BCUT2D eigenvalue weighted by Crippen LogP contribution is -2.29. The Morgan fingerprint density at radius 1 is 1.53 bits per heavy atom. The first-order chi connectivity index (χ1) is 8.06. The van der Waals surface area contributed by atoms with E-state index in [0.29, 0.717) is 12.1 Å². The average molecular weight is 241 g/mol. The Balaban J connectivity index is 2.18. The van der Waals surface area contributed by atoms with Gasteiger partial charge in [-0.3, -0.25) is 9.63 Å². The molecule has 1 atom stereocenters. The van der Waals surface area contributed by atoms with Gasteiger partial charge in [-0.1, -0.05) is 13.5 Å². The molecule has 0 spiro atoms. The van der Waals surface area contributed by atoms with E-state index in [1.54, 1.807) is 6.92 Å². The fourth-order valence-electron chi connectivity index (χ4n) is 1.62. The van der Waals surface area contributed by atoms with Crippen molar-refractivity contribution in [3.8, 4) is 0 Å². The lowest BCUT2D eigenvalue weighted by molar-refractivity contribution is -0.184. The van der Waals surface area contributed by atoms with Crippen LogP contribution in [-0.2, 0) is 19.2 Å². The van der Waals surface area contributed by atoms with Crippen LogP contribution < -0.4 is 0 Å². The molecule has 1 aliphatic rings. The van der Waals surface area contributed by atoms with Crippen molar-refractivity contribution in [1.82, 2.24) is 5.06 Å². The number of hydrogen-bond acceptors (Lipinski definition) is 4. The van der Waals surface area contributed by atoms with Crippen molar-refractivity contribution in [2.24, 2.45) is 5.92 Å². The third kappa shape index (κ3) is 3.85. The number of hydroxylamine groups is 2. The molecule has 1 fully saturated rings. The maximum absolute atomic E-state index is 11.7. The highest BCUT2D eigenvalue weighted by molar-refractivity contribution is 5.86. The second-order valence-electron chi connectivity index (χ2n) is 4.08. The van der Waals surface area contributed by atoms with Gasteiger partial charge in [0.15, 0.2) is 0 Å². The van der Waals surface area contributed by atoms with E-state index in [-0.39, 0.29) is 25.0 Å². The number of nitrogens with zero attached hydrogens (tertiary/aromatic N) is 1. The van der Waals surface area contributed by atoms with Crippen molar-refractivity contribution in [1.29, 1.82) is 0 Å². The fraction of sp³-hybridized carbons (Fsp3) is 0.667. The molecule has 1 saturated heterocycles. The molecule has 1 unspecified atom stereocenters. The van der Waals surface area contributed by atoms with Gasteiger partial charge in [0.2, 0.25) is 5.91 Å². The van der Waals surface area contributed by atoms with E-state index in [2.05, 4.69) is 6.58 Å². The number of ether oxygens (including phenoxy) is 1. The molecule has 0 aromatic carbocycles. The SMILES string of the molecule is C=C(C)C(=O)OCCON1CCC(CC)C1=O. The zero-order chi connectivity index (χ0) is 12.8. The van der Waals surface area contributed by atoms with E-state index in [1.165, 1.54) is 5.06 Å². The minimum atomic E-state index is -0.437. The number of carbonyl (C=O) groups excluding carboxylic acids is 2. The molecule has 1 aliphatic heterocycles. The zero-order valence-corrected chi connectivity index (χ0v) is 10.4. The zero-order valence-electron chi connectivity index (χ0n) is 10.4. The highest BCUT2D eigenvalue weighted by Gasteiger charge is 2.30. The molecule has 5 nitrogen and oxygen atoms in total. The van der Waals surface area contributed by atoms with E-state index in [1.807, 2.05) is 6.92 Å². The Kier molecular flexibility index (Phi) is 5.15. The lowest BCUT2D eigenvalue weighted by atomic mass is 10.1. The van der Waals surface area contributed by atoms with Crippen molar-refractivity contribution in [2.45, 2.75) is 26.7 Å². The Labute approximate surface area is 101 Å². The van der Waals surface area contributed by atoms with Crippen LogP contribution in [0.4, 0.5) is 0 Å². The van der Waals surface area contributed by atoms with Crippen LogP contribution in [0.3, 0.4) is 0 Å². The maximum Gasteiger partial charge on any atom is 0.333 e. The van der Waals surface area contributed by atoms with E-state index in [0.717, 1.165) is 12.8 Å². The highest BCUT2D eigenvalue weighted by atomic mass is 16.7. The maximum atomic E-state index is 11.7. The van der Waals surface area contributed by atoms with Gasteiger partial charge in [0.25, 0.3) is 0 Å². The van der Waals surface area contributed by atoms with Crippen LogP contribution in [0.15, 0.2) is 12.2 Å². The Morgan fingerprint density at radius 3 is 2.76 bits per heavy atom. The van der Waals surface area contributed by atoms with Crippen molar-refractivity contribution < 1.29 is 19.2 Å². The topological polar surface area (TPSA) is 55.8 Å². The molecule has 0 N–H and O–H groups in total. The summed E-state index contributed by atoms with van der Waals surface area (Å²) in [7, 11) is 0. The van der Waals surface area contributed by atoms with Gasteiger partial charge in [-0.15, -0.1) is 0 Å². The summed E-state index contributed by atoms with van der Waals surface area (Å²) in [6.07, 6.45) is 1.67. The second-order valence-corrected chi connectivity index (χ2v) is 4.08. The predicted octanol–water partition coefficient (Wildman–Crippen LogP) is 1.30. The number of carbonyl (C=O) groups is 2. The third-order valence-corrected chi connectivity index (χ3v) is 2.68. The predicted molar refractivity (Wildman–Crippen MR) is 61.8 cm³/mol. The molecule has 0 radical (unpaired) electrons. The number of rotatable bonds is 6. The second kappa shape index (κ2) is 6.39. The third-order valence-electron chi connectivity index (χ3n) is 2.68. The van der Waals surface area contributed by atoms with Crippen molar-refractivity contribution in [3.05, 3.63) is 12.2 Å². The van der Waals surface area contributed by atoms with Crippen LogP contribution in [0.25, 0.3) is 0 Å². The van der Waals surface area contributed by atoms with Gasteiger partial charge >= 0.3 is 5.97 Å². The first-order valence-electron chi connectivity index (χ1n) is 5.83. The summed E-state index contributed by atoms with van der Waals surface area (Å²) in [5.41, 5.74) is 0.355. The lowest BCUT2D eigenvalue weighted by Gasteiger charge is -2.15. The van der Waals surface area contributed by atoms with E-state index in [9.17, 15) is 9.59 Å². The summed E-state index contributed by atoms with van der Waals surface area (Å²) in [6.45, 7) is 7.98. The van der Waals surface area contributed by atoms with Gasteiger partial charge in [-0.05, 0) is 19.8 Å². The molecule has 5 heteroatoms. The van der Waals surface area contributed by atoms with Crippen LogP contribution in [-0.4, -0.2) is 36.7 Å². The highest BCUT2D eigenvalue weighted by Crippen LogP contribution is 2.20. The molecule has 1 rings (SSSR count). The molecule has 0 bridgehead atoms. The molecular formula is C12H19NO4. The van der Waals surface area contributed by atoms with Gasteiger partial charge in [-0.2, -0.15) is 0 Å². The molecular weight excluding hydrogens is 222 g/mol. The normalized spacial score (nSPS) is 19.5. The quantitative estimate of drug-likeness (QED) is 0.399. The molecule has 0 aromatic heterocycles. The smallest absolute Gasteiger partial charge is 0.333 e. The molecule has 96 valence electrons. The Bertz CT molecular complexity index is 314. The number of amides is 1. The van der Waals surface area contributed by atoms with Gasteiger partial charge in [-0.25, -0.2) is 9.86 Å². The molecule has 1 amide bonds. The first-order valence-corrected chi connectivity index (χ1v) is 5.83. The van der Waals surface area contributed by atoms with Crippen LogP contribution in [0.2, 0.25) is 0 Å². The minimum absolute atomic E-state index is 0.0266. The fourth-order valence-corrected chi connectivity index (χ4v) is 1.62. The van der Waals surface area contributed by atoms with Gasteiger partial charge in [0, 0.05) is 18.0 Å². The van der Waals surface area contributed by atoms with Crippen LogP contribution in [0.1, 0.15) is 26.7 Å². The average Bonchev–Trinajstić information content (AvgIpc) is 2.65. The van der Waals surface area contributed by atoms with Crippen molar-refractivity contribution in [2.75, 3.05) is 19.8 Å². The largest absolute Gasteiger partial charge is 0.460 e. The number of hydrogen-bond donors (Lipinski definition) is 0. The summed E-state index contributed by atoms with van der Waals surface area (Å²) in [4.78, 5) is 28.0. The van der Waals surface area contributed by atoms with Crippen LogP contribution >= 0.6 is 0 Å². The molecule has 17 heavy (non-hydrogen) atoms. The van der Waals surface area contributed by atoms with E-state index >= 15 is 0 Å². The standard InChI is InChI=1S/C12H19NO4/c1-4-10-5-6-13(11(10)14)17-8-7-16-12(15)9(2)3/h10H,2,4-8H2,1,3H3. The van der Waals surface area contributed by atoms with Crippen LogP contribution in [0, 0.1) is 5.92 Å². The molecule has 1 heterocycles. The summed E-state index contributed by atoms with van der Waals surface area (Å²) < 4.78 is 4.85. The molecule has 0 aliphatic carbocycles. The summed E-state index contributed by atoms with van der Waals surface area (Å²) in [5, 5.41) is 1.36.